The lowest BCUT2D eigenvalue weighted by Gasteiger charge is -2.13. The summed E-state index contributed by atoms with van der Waals surface area (Å²) in [4.78, 5) is 13.1. The van der Waals surface area contributed by atoms with Crippen molar-refractivity contribution in [2.45, 2.75) is 26.2 Å². The molecule has 0 aromatic rings. The Morgan fingerprint density at radius 2 is 2.50 bits per heavy atom. The van der Waals surface area contributed by atoms with Gasteiger partial charge in [-0.05, 0) is 5.92 Å². The molecule has 1 heterocycles. The fourth-order valence-electron chi connectivity index (χ4n) is 1.53. The third-order valence-electron chi connectivity index (χ3n) is 2.37. The minimum Gasteiger partial charge on any atom is -0.341 e. The van der Waals surface area contributed by atoms with Crippen LogP contribution in [0.15, 0.2) is 0 Å². The van der Waals surface area contributed by atoms with Crippen LogP contribution in [-0.2, 0) is 4.79 Å². The Bertz CT molecular complexity index is 207. The molecule has 1 aliphatic rings. The Labute approximate surface area is 73.0 Å². The quantitative estimate of drug-likeness (QED) is 0.631. The summed E-state index contributed by atoms with van der Waals surface area (Å²) >= 11 is 0. The van der Waals surface area contributed by atoms with Gasteiger partial charge in [-0.1, -0.05) is 13.3 Å². The number of rotatable bonds is 3. The molecule has 66 valence electrons. The fraction of sp³-hybridized carbons (Fsp3) is 0.778. The van der Waals surface area contributed by atoms with Crippen LogP contribution in [0.25, 0.3) is 0 Å². The van der Waals surface area contributed by atoms with E-state index in [2.05, 4.69) is 13.0 Å². The highest BCUT2D eigenvalue weighted by Gasteiger charge is 2.27. The van der Waals surface area contributed by atoms with Crippen LogP contribution < -0.4 is 0 Å². The molecule has 1 aliphatic heterocycles. The van der Waals surface area contributed by atoms with Crippen LogP contribution in [0.1, 0.15) is 26.2 Å². The van der Waals surface area contributed by atoms with E-state index in [4.69, 9.17) is 5.26 Å². The van der Waals surface area contributed by atoms with Gasteiger partial charge < -0.3 is 4.90 Å². The van der Waals surface area contributed by atoms with Gasteiger partial charge in [0, 0.05) is 19.5 Å². The standard InChI is InChI=1S/C9H14N2O/c1-2-8-6-9(12)11(7-8)5-3-4-10/h8H,2-3,5-7H2,1H3. The van der Waals surface area contributed by atoms with E-state index in [1.807, 2.05) is 0 Å². The van der Waals surface area contributed by atoms with E-state index < -0.39 is 0 Å². The average molecular weight is 166 g/mol. The van der Waals surface area contributed by atoms with Crippen LogP contribution in [0.4, 0.5) is 0 Å². The van der Waals surface area contributed by atoms with Crippen molar-refractivity contribution in [1.29, 1.82) is 5.26 Å². The molecule has 1 fully saturated rings. The molecule has 0 aliphatic carbocycles. The summed E-state index contributed by atoms with van der Waals surface area (Å²) in [6, 6.07) is 2.05. The molecular formula is C9H14N2O. The van der Waals surface area contributed by atoms with E-state index in [1.165, 1.54) is 0 Å². The monoisotopic (exact) mass is 166 g/mol. The van der Waals surface area contributed by atoms with E-state index in [9.17, 15) is 4.79 Å². The summed E-state index contributed by atoms with van der Waals surface area (Å²) in [6.45, 7) is 3.58. The zero-order valence-electron chi connectivity index (χ0n) is 7.42. The lowest BCUT2D eigenvalue weighted by molar-refractivity contribution is -0.127. The third kappa shape index (κ3) is 1.97. The second-order valence-corrected chi connectivity index (χ2v) is 3.23. The molecule has 0 saturated carbocycles. The molecule has 1 rings (SSSR count). The Morgan fingerprint density at radius 1 is 1.75 bits per heavy atom. The maximum Gasteiger partial charge on any atom is 0.222 e. The highest BCUT2D eigenvalue weighted by Crippen LogP contribution is 2.20. The number of carbonyl (C=O) groups is 1. The van der Waals surface area contributed by atoms with Crippen molar-refractivity contribution in [3.63, 3.8) is 0 Å². The van der Waals surface area contributed by atoms with Crippen LogP contribution in [0.2, 0.25) is 0 Å². The van der Waals surface area contributed by atoms with Gasteiger partial charge in [0.05, 0.1) is 12.5 Å². The van der Waals surface area contributed by atoms with E-state index in [1.54, 1.807) is 4.90 Å². The van der Waals surface area contributed by atoms with Gasteiger partial charge in [0.25, 0.3) is 0 Å². The van der Waals surface area contributed by atoms with Crippen molar-refractivity contribution < 1.29 is 4.79 Å². The molecule has 12 heavy (non-hydrogen) atoms. The number of carbonyl (C=O) groups excluding carboxylic acids is 1. The van der Waals surface area contributed by atoms with Gasteiger partial charge in [-0.2, -0.15) is 5.26 Å². The summed E-state index contributed by atoms with van der Waals surface area (Å²) in [5.41, 5.74) is 0. The molecule has 0 spiro atoms. The van der Waals surface area contributed by atoms with Crippen molar-refractivity contribution >= 4 is 5.91 Å². The predicted octanol–water partition coefficient (Wildman–Crippen LogP) is 1.16. The minimum atomic E-state index is 0.220. The van der Waals surface area contributed by atoms with Crippen molar-refractivity contribution in [1.82, 2.24) is 4.90 Å². The number of amides is 1. The first-order valence-electron chi connectivity index (χ1n) is 4.42. The normalized spacial score (nSPS) is 22.8. The van der Waals surface area contributed by atoms with Gasteiger partial charge in [0.1, 0.15) is 0 Å². The van der Waals surface area contributed by atoms with Crippen molar-refractivity contribution in [2.24, 2.45) is 5.92 Å². The van der Waals surface area contributed by atoms with Gasteiger partial charge in [0.2, 0.25) is 5.91 Å². The maximum atomic E-state index is 11.3. The largest absolute Gasteiger partial charge is 0.341 e. The highest BCUT2D eigenvalue weighted by molar-refractivity contribution is 5.78. The molecule has 0 N–H and O–H groups in total. The lowest BCUT2D eigenvalue weighted by atomic mass is 10.1. The summed E-state index contributed by atoms with van der Waals surface area (Å²) < 4.78 is 0. The first kappa shape index (κ1) is 9.05. The molecule has 3 heteroatoms. The lowest BCUT2D eigenvalue weighted by Crippen LogP contribution is -2.25. The summed E-state index contributed by atoms with van der Waals surface area (Å²) in [5, 5.41) is 8.35. The van der Waals surface area contributed by atoms with E-state index in [0.717, 1.165) is 13.0 Å². The first-order valence-corrected chi connectivity index (χ1v) is 4.42. The van der Waals surface area contributed by atoms with Crippen LogP contribution >= 0.6 is 0 Å². The Balaban J connectivity index is 2.37. The summed E-state index contributed by atoms with van der Waals surface area (Å²) in [5.74, 6) is 0.744. The zero-order valence-corrected chi connectivity index (χ0v) is 7.42. The molecule has 0 bridgehead atoms. The molecule has 1 amide bonds. The van der Waals surface area contributed by atoms with Gasteiger partial charge >= 0.3 is 0 Å². The Kier molecular flexibility index (Phi) is 3.09. The SMILES string of the molecule is CCC1CC(=O)N(CCC#N)C1. The van der Waals surface area contributed by atoms with Crippen LogP contribution in [0.5, 0.6) is 0 Å². The summed E-state index contributed by atoms with van der Waals surface area (Å²) in [7, 11) is 0. The summed E-state index contributed by atoms with van der Waals surface area (Å²) in [6.07, 6.45) is 2.21. The maximum absolute atomic E-state index is 11.3. The minimum absolute atomic E-state index is 0.220. The molecule has 0 aromatic heterocycles. The number of nitriles is 1. The van der Waals surface area contributed by atoms with Crippen molar-refractivity contribution in [3.8, 4) is 6.07 Å². The molecule has 1 unspecified atom stereocenters. The van der Waals surface area contributed by atoms with Crippen LogP contribution in [-0.4, -0.2) is 23.9 Å². The van der Waals surface area contributed by atoms with Gasteiger partial charge in [-0.25, -0.2) is 0 Å². The van der Waals surface area contributed by atoms with Crippen molar-refractivity contribution in [2.75, 3.05) is 13.1 Å². The number of likely N-dealkylation sites (tertiary alicyclic amines) is 1. The molecular weight excluding hydrogens is 152 g/mol. The number of nitrogens with zero attached hydrogens (tertiary/aromatic N) is 2. The topological polar surface area (TPSA) is 44.1 Å². The third-order valence-corrected chi connectivity index (χ3v) is 2.37. The predicted molar refractivity (Wildman–Crippen MR) is 45.2 cm³/mol. The number of hydrogen-bond acceptors (Lipinski definition) is 2. The Morgan fingerprint density at radius 3 is 3.00 bits per heavy atom. The number of hydrogen-bond donors (Lipinski definition) is 0. The second-order valence-electron chi connectivity index (χ2n) is 3.23. The van der Waals surface area contributed by atoms with Gasteiger partial charge in [-0.15, -0.1) is 0 Å². The van der Waals surface area contributed by atoms with Crippen molar-refractivity contribution in [3.05, 3.63) is 0 Å². The van der Waals surface area contributed by atoms with E-state index in [0.29, 0.717) is 25.3 Å². The molecule has 1 atom stereocenters. The van der Waals surface area contributed by atoms with Gasteiger partial charge in [-0.3, -0.25) is 4.79 Å². The highest BCUT2D eigenvalue weighted by atomic mass is 16.2. The second kappa shape index (κ2) is 4.10. The zero-order chi connectivity index (χ0) is 8.97. The van der Waals surface area contributed by atoms with Crippen LogP contribution in [0.3, 0.4) is 0 Å². The van der Waals surface area contributed by atoms with Crippen LogP contribution in [0, 0.1) is 17.2 Å². The smallest absolute Gasteiger partial charge is 0.222 e. The van der Waals surface area contributed by atoms with Gasteiger partial charge in [0.15, 0.2) is 0 Å². The molecule has 3 nitrogen and oxygen atoms in total. The first-order chi connectivity index (χ1) is 5.77. The molecule has 0 aromatic carbocycles. The fourth-order valence-corrected chi connectivity index (χ4v) is 1.53. The average Bonchev–Trinajstić information content (AvgIpc) is 2.43. The molecule has 0 radical (unpaired) electrons. The van der Waals surface area contributed by atoms with E-state index >= 15 is 0 Å². The Hall–Kier alpha value is -1.04. The molecule has 1 saturated heterocycles. The van der Waals surface area contributed by atoms with E-state index in [-0.39, 0.29) is 5.91 Å².